The van der Waals surface area contributed by atoms with Crippen LogP contribution in [0.4, 0.5) is 0 Å². The lowest BCUT2D eigenvalue weighted by Gasteiger charge is -2.03. The van der Waals surface area contributed by atoms with Gasteiger partial charge in [0.1, 0.15) is 17.2 Å². The number of nitrogens with zero attached hydrogens (tertiary/aromatic N) is 1. The van der Waals surface area contributed by atoms with Crippen LogP contribution in [-0.4, -0.2) is 27.4 Å². The Bertz CT molecular complexity index is 668. The molecule has 2 aromatic carbocycles. The number of amides is 1. The number of nitrogens with one attached hydrogen (secondary N) is 1. The zero-order valence-corrected chi connectivity index (χ0v) is 10.3. The molecule has 2 rings (SSSR count). The van der Waals surface area contributed by atoms with Crippen LogP contribution in [0.5, 0.6) is 17.2 Å². The molecule has 20 heavy (non-hydrogen) atoms. The van der Waals surface area contributed by atoms with E-state index in [1.54, 1.807) is 18.2 Å². The molecule has 1 amide bonds. The van der Waals surface area contributed by atoms with Crippen LogP contribution in [0, 0.1) is 0 Å². The van der Waals surface area contributed by atoms with Crippen LogP contribution in [-0.2, 0) is 0 Å². The van der Waals surface area contributed by atoms with Crippen molar-refractivity contribution in [3.8, 4) is 17.2 Å². The average molecular weight is 272 g/mol. The van der Waals surface area contributed by atoms with E-state index in [0.29, 0.717) is 5.56 Å². The maximum atomic E-state index is 11.7. The number of hydrogen-bond acceptors (Lipinski definition) is 5. The highest BCUT2D eigenvalue weighted by Gasteiger charge is 2.11. The Morgan fingerprint density at radius 1 is 1.05 bits per heavy atom. The minimum absolute atomic E-state index is 0.0331. The van der Waals surface area contributed by atoms with E-state index in [-0.39, 0.29) is 22.8 Å². The second-order valence-corrected chi connectivity index (χ2v) is 3.96. The highest BCUT2D eigenvalue weighted by Crippen LogP contribution is 2.21. The Labute approximate surface area is 114 Å². The molecule has 6 nitrogen and oxygen atoms in total. The summed E-state index contributed by atoms with van der Waals surface area (Å²) in [7, 11) is 0. The fourth-order valence-electron chi connectivity index (χ4n) is 1.52. The second-order valence-electron chi connectivity index (χ2n) is 3.96. The summed E-state index contributed by atoms with van der Waals surface area (Å²) in [5, 5.41) is 31.9. The minimum atomic E-state index is -0.676. The number of benzene rings is 2. The van der Waals surface area contributed by atoms with Gasteiger partial charge in [-0.05, 0) is 30.3 Å². The fraction of sp³-hybridized carbons (Fsp3) is 0. The van der Waals surface area contributed by atoms with Gasteiger partial charge in [0.05, 0.1) is 11.8 Å². The quantitative estimate of drug-likeness (QED) is 0.387. The van der Waals surface area contributed by atoms with Crippen LogP contribution in [0.25, 0.3) is 0 Å². The van der Waals surface area contributed by atoms with E-state index in [1.807, 2.05) is 0 Å². The largest absolute Gasteiger partial charge is 0.508 e. The van der Waals surface area contributed by atoms with Gasteiger partial charge in [-0.1, -0.05) is 12.1 Å². The molecule has 0 saturated heterocycles. The average Bonchev–Trinajstić information content (AvgIpc) is 2.43. The van der Waals surface area contributed by atoms with Crippen molar-refractivity contribution in [1.82, 2.24) is 5.43 Å². The van der Waals surface area contributed by atoms with E-state index in [2.05, 4.69) is 10.5 Å². The molecule has 0 spiro atoms. The summed E-state index contributed by atoms with van der Waals surface area (Å²) in [4.78, 5) is 11.7. The Hall–Kier alpha value is -3.02. The maximum absolute atomic E-state index is 11.7. The van der Waals surface area contributed by atoms with Crippen LogP contribution in [0.1, 0.15) is 15.9 Å². The number of carbonyl (C=O) groups is 1. The molecular formula is C14H12N2O4. The van der Waals surface area contributed by atoms with Gasteiger partial charge in [0, 0.05) is 5.56 Å². The molecule has 102 valence electrons. The molecule has 4 N–H and O–H groups in total. The fourth-order valence-corrected chi connectivity index (χ4v) is 1.52. The van der Waals surface area contributed by atoms with Gasteiger partial charge < -0.3 is 15.3 Å². The maximum Gasteiger partial charge on any atom is 0.275 e. The molecule has 0 aromatic heterocycles. The molecule has 0 bridgehead atoms. The van der Waals surface area contributed by atoms with Gasteiger partial charge in [0.15, 0.2) is 0 Å². The number of phenolic OH excluding ortho intramolecular Hbond substituents is 3. The number of carbonyl (C=O) groups excluding carboxylic acids is 1. The van der Waals surface area contributed by atoms with Crippen molar-refractivity contribution in [2.75, 3.05) is 0 Å². The molecule has 0 aliphatic rings. The van der Waals surface area contributed by atoms with Crippen molar-refractivity contribution in [3.05, 3.63) is 53.6 Å². The molecule has 0 saturated carbocycles. The van der Waals surface area contributed by atoms with Crippen LogP contribution in [0.2, 0.25) is 0 Å². The molecule has 0 aliphatic heterocycles. The summed E-state index contributed by atoms with van der Waals surface area (Å²) in [6.45, 7) is 0. The standard InChI is InChI=1S/C14H12N2O4/c17-10-5-6-13(19)11(7-10)14(20)16-15-8-9-3-1-2-4-12(9)18/h1-8,17-19H,(H,16,20). The van der Waals surface area contributed by atoms with Crippen molar-refractivity contribution < 1.29 is 20.1 Å². The molecule has 2 aromatic rings. The number of phenols is 3. The summed E-state index contributed by atoms with van der Waals surface area (Å²) in [5.41, 5.74) is 2.53. The first kappa shape index (κ1) is 13.4. The first-order valence-corrected chi connectivity index (χ1v) is 5.71. The van der Waals surface area contributed by atoms with Gasteiger partial charge in [-0.3, -0.25) is 4.79 Å². The van der Waals surface area contributed by atoms with Crippen molar-refractivity contribution >= 4 is 12.1 Å². The van der Waals surface area contributed by atoms with E-state index in [1.165, 1.54) is 24.4 Å². The third kappa shape index (κ3) is 3.05. The lowest BCUT2D eigenvalue weighted by molar-refractivity contribution is 0.0952. The molecule has 0 radical (unpaired) electrons. The molecule has 0 atom stereocenters. The number of aromatic hydroxyl groups is 3. The van der Waals surface area contributed by atoms with E-state index >= 15 is 0 Å². The normalized spacial score (nSPS) is 10.6. The Morgan fingerprint density at radius 3 is 2.55 bits per heavy atom. The van der Waals surface area contributed by atoms with Crippen molar-refractivity contribution in [3.63, 3.8) is 0 Å². The molecule has 0 fully saturated rings. The SMILES string of the molecule is O=C(NN=Cc1ccccc1O)c1cc(O)ccc1O. The van der Waals surface area contributed by atoms with Gasteiger partial charge in [0.2, 0.25) is 0 Å². The molecule has 0 aliphatic carbocycles. The van der Waals surface area contributed by atoms with Gasteiger partial charge in [-0.15, -0.1) is 0 Å². The first-order chi connectivity index (χ1) is 9.58. The monoisotopic (exact) mass is 272 g/mol. The molecular weight excluding hydrogens is 260 g/mol. The smallest absolute Gasteiger partial charge is 0.275 e. The van der Waals surface area contributed by atoms with Gasteiger partial charge >= 0.3 is 0 Å². The summed E-state index contributed by atoms with van der Waals surface area (Å²) in [5.74, 6) is -1.05. The van der Waals surface area contributed by atoms with Crippen LogP contribution in [0.3, 0.4) is 0 Å². The topological polar surface area (TPSA) is 102 Å². The molecule has 6 heteroatoms. The zero-order chi connectivity index (χ0) is 14.5. The number of hydrazone groups is 1. The van der Waals surface area contributed by atoms with Crippen LogP contribution in [0.15, 0.2) is 47.6 Å². The third-order valence-electron chi connectivity index (χ3n) is 2.53. The Morgan fingerprint density at radius 2 is 1.80 bits per heavy atom. The van der Waals surface area contributed by atoms with Gasteiger partial charge in [-0.2, -0.15) is 5.10 Å². The summed E-state index contributed by atoms with van der Waals surface area (Å²) in [6.07, 6.45) is 1.27. The van der Waals surface area contributed by atoms with E-state index < -0.39 is 5.91 Å². The summed E-state index contributed by atoms with van der Waals surface area (Å²) >= 11 is 0. The molecule has 0 unspecified atom stereocenters. The van der Waals surface area contributed by atoms with Crippen LogP contribution >= 0.6 is 0 Å². The summed E-state index contributed by atoms with van der Waals surface area (Å²) in [6, 6.07) is 10.1. The predicted molar refractivity (Wildman–Crippen MR) is 72.9 cm³/mol. The van der Waals surface area contributed by atoms with Gasteiger partial charge in [-0.25, -0.2) is 5.43 Å². The lowest BCUT2D eigenvalue weighted by atomic mass is 10.2. The second kappa shape index (κ2) is 5.75. The third-order valence-corrected chi connectivity index (χ3v) is 2.53. The van der Waals surface area contributed by atoms with Crippen molar-refractivity contribution in [2.45, 2.75) is 0 Å². The number of para-hydroxylation sites is 1. The Kier molecular flexibility index (Phi) is 3.85. The Balaban J connectivity index is 2.09. The number of rotatable bonds is 3. The van der Waals surface area contributed by atoms with Crippen LogP contribution < -0.4 is 5.43 Å². The molecule has 0 heterocycles. The highest BCUT2D eigenvalue weighted by molar-refractivity contribution is 5.97. The number of hydrogen-bond donors (Lipinski definition) is 4. The highest BCUT2D eigenvalue weighted by atomic mass is 16.3. The minimum Gasteiger partial charge on any atom is -0.508 e. The van der Waals surface area contributed by atoms with E-state index in [9.17, 15) is 20.1 Å². The lowest BCUT2D eigenvalue weighted by Crippen LogP contribution is -2.17. The predicted octanol–water partition coefficient (Wildman–Crippen LogP) is 1.57. The van der Waals surface area contributed by atoms with Crippen molar-refractivity contribution in [2.24, 2.45) is 5.10 Å². The van der Waals surface area contributed by atoms with Crippen molar-refractivity contribution in [1.29, 1.82) is 0 Å². The first-order valence-electron chi connectivity index (χ1n) is 5.71. The van der Waals surface area contributed by atoms with E-state index in [4.69, 9.17) is 0 Å². The van der Waals surface area contributed by atoms with E-state index in [0.717, 1.165) is 6.07 Å². The zero-order valence-electron chi connectivity index (χ0n) is 10.3. The van der Waals surface area contributed by atoms with Gasteiger partial charge in [0.25, 0.3) is 5.91 Å². The summed E-state index contributed by atoms with van der Waals surface area (Å²) < 4.78 is 0.